The van der Waals surface area contributed by atoms with Gasteiger partial charge in [0.05, 0.1) is 13.2 Å². The van der Waals surface area contributed by atoms with Crippen LogP contribution in [-0.4, -0.2) is 36.8 Å². The molecule has 0 unspecified atom stereocenters. The van der Waals surface area contributed by atoms with Crippen molar-refractivity contribution in [1.82, 2.24) is 5.32 Å². The minimum absolute atomic E-state index is 0.0423. The van der Waals surface area contributed by atoms with Crippen LogP contribution in [0.15, 0.2) is 24.3 Å². The highest BCUT2D eigenvalue weighted by Gasteiger charge is 2.30. The smallest absolute Gasteiger partial charge is 0.223 e. The van der Waals surface area contributed by atoms with E-state index in [9.17, 15) is 9.90 Å². The summed E-state index contributed by atoms with van der Waals surface area (Å²) in [6.07, 6.45) is 3.22. The maximum absolute atomic E-state index is 12.1. The molecule has 1 aliphatic carbocycles. The molecule has 0 saturated heterocycles. The van der Waals surface area contributed by atoms with Crippen molar-refractivity contribution in [1.29, 1.82) is 0 Å². The number of aliphatic hydroxyl groups is 1. The van der Waals surface area contributed by atoms with Gasteiger partial charge < -0.3 is 20.9 Å². The fourth-order valence-electron chi connectivity index (χ4n) is 2.85. The molecular weight excluding hydrogens is 280 g/mol. The van der Waals surface area contributed by atoms with Crippen molar-refractivity contribution in [2.24, 2.45) is 11.7 Å². The molecule has 1 aliphatic rings. The van der Waals surface area contributed by atoms with Gasteiger partial charge in [-0.1, -0.05) is 12.1 Å². The zero-order chi connectivity index (χ0) is 15.9. The molecule has 0 aliphatic heterocycles. The lowest BCUT2D eigenvalue weighted by atomic mass is 9.84. The number of carbonyl (C=O) groups excluding carboxylic acids is 1. The van der Waals surface area contributed by atoms with E-state index in [0.717, 1.165) is 25.0 Å². The van der Waals surface area contributed by atoms with Gasteiger partial charge >= 0.3 is 0 Å². The van der Waals surface area contributed by atoms with E-state index in [4.69, 9.17) is 10.5 Å². The molecule has 1 fully saturated rings. The van der Waals surface area contributed by atoms with Crippen LogP contribution in [0.25, 0.3) is 0 Å². The summed E-state index contributed by atoms with van der Waals surface area (Å²) in [6.45, 7) is 0.656. The molecule has 1 aromatic rings. The second kappa shape index (κ2) is 8.15. The van der Waals surface area contributed by atoms with E-state index in [1.165, 1.54) is 5.56 Å². The third-order valence-corrected chi connectivity index (χ3v) is 4.34. The topological polar surface area (TPSA) is 84.6 Å². The fourth-order valence-corrected chi connectivity index (χ4v) is 2.85. The predicted octanol–water partition coefficient (Wildman–Crippen LogP) is 1.23. The van der Waals surface area contributed by atoms with Gasteiger partial charge in [-0.05, 0) is 49.8 Å². The summed E-state index contributed by atoms with van der Waals surface area (Å²) < 4.78 is 5.12. The van der Waals surface area contributed by atoms with Crippen LogP contribution in [0.4, 0.5) is 0 Å². The number of amides is 1. The van der Waals surface area contributed by atoms with Crippen LogP contribution in [0.3, 0.4) is 0 Å². The molecule has 22 heavy (non-hydrogen) atoms. The molecule has 3 atom stereocenters. The number of hydrogen-bond acceptors (Lipinski definition) is 4. The first-order valence-corrected chi connectivity index (χ1v) is 7.94. The highest BCUT2D eigenvalue weighted by molar-refractivity contribution is 5.78. The Bertz CT molecular complexity index is 475. The van der Waals surface area contributed by atoms with Gasteiger partial charge in [0.15, 0.2) is 0 Å². The fraction of sp³-hybridized carbons (Fsp3) is 0.588. The van der Waals surface area contributed by atoms with Gasteiger partial charge in [0.2, 0.25) is 5.91 Å². The maximum atomic E-state index is 12.1. The normalized spacial score (nSPS) is 24.8. The second-order valence-electron chi connectivity index (χ2n) is 5.98. The molecule has 0 radical (unpaired) electrons. The van der Waals surface area contributed by atoms with Gasteiger partial charge in [-0.25, -0.2) is 0 Å². The molecule has 0 spiro atoms. The molecule has 1 aromatic carbocycles. The number of benzene rings is 1. The van der Waals surface area contributed by atoms with Gasteiger partial charge in [0.25, 0.3) is 0 Å². The first kappa shape index (κ1) is 16.8. The van der Waals surface area contributed by atoms with Crippen molar-refractivity contribution < 1.29 is 14.6 Å². The number of aliphatic hydroxyl groups excluding tert-OH is 1. The Balaban J connectivity index is 1.66. The molecule has 1 amide bonds. The van der Waals surface area contributed by atoms with E-state index < -0.39 is 6.10 Å². The Morgan fingerprint density at radius 2 is 2.09 bits per heavy atom. The number of methoxy groups -OCH3 is 1. The highest BCUT2D eigenvalue weighted by Crippen LogP contribution is 2.23. The molecule has 122 valence electrons. The largest absolute Gasteiger partial charge is 0.497 e. The Kier molecular flexibility index (Phi) is 6.21. The lowest BCUT2D eigenvalue weighted by molar-refractivity contribution is -0.127. The summed E-state index contributed by atoms with van der Waals surface area (Å²) in [5, 5.41) is 12.7. The summed E-state index contributed by atoms with van der Waals surface area (Å²) in [5.74, 6) is 0.794. The van der Waals surface area contributed by atoms with Crippen LogP contribution in [-0.2, 0) is 11.2 Å². The van der Waals surface area contributed by atoms with Crippen molar-refractivity contribution in [3.05, 3.63) is 29.8 Å². The van der Waals surface area contributed by atoms with Gasteiger partial charge in [-0.15, -0.1) is 0 Å². The molecule has 4 N–H and O–H groups in total. The standard InChI is InChI=1S/C17H26N2O3/c1-22-14-7-4-12(5-8-14)3-2-10-19-17(21)13-6-9-15(18)16(20)11-13/h4-5,7-8,13,15-16,20H,2-3,6,9-11,18H2,1H3,(H,19,21)/t13-,15+,16+/m0/s1. The molecule has 0 heterocycles. The minimum Gasteiger partial charge on any atom is -0.497 e. The summed E-state index contributed by atoms with van der Waals surface area (Å²) in [5.41, 5.74) is 6.99. The molecule has 0 bridgehead atoms. The minimum atomic E-state index is -0.552. The first-order chi connectivity index (χ1) is 10.6. The van der Waals surface area contributed by atoms with Crippen molar-refractivity contribution in [2.45, 2.75) is 44.2 Å². The highest BCUT2D eigenvalue weighted by atomic mass is 16.5. The number of hydrogen-bond donors (Lipinski definition) is 3. The summed E-state index contributed by atoms with van der Waals surface area (Å²) >= 11 is 0. The zero-order valence-electron chi connectivity index (χ0n) is 13.1. The predicted molar refractivity (Wildman–Crippen MR) is 85.6 cm³/mol. The van der Waals surface area contributed by atoms with Gasteiger partial charge in [-0.2, -0.15) is 0 Å². The first-order valence-electron chi connectivity index (χ1n) is 7.94. The van der Waals surface area contributed by atoms with Gasteiger partial charge in [0.1, 0.15) is 5.75 Å². The summed E-state index contributed by atoms with van der Waals surface area (Å²) in [4.78, 5) is 12.1. The van der Waals surface area contributed by atoms with Crippen LogP contribution in [0.1, 0.15) is 31.2 Å². The second-order valence-corrected chi connectivity index (χ2v) is 5.98. The Morgan fingerprint density at radius 3 is 2.73 bits per heavy atom. The van der Waals surface area contributed by atoms with Crippen molar-refractivity contribution >= 4 is 5.91 Å². The molecule has 2 rings (SSSR count). The third kappa shape index (κ3) is 4.71. The maximum Gasteiger partial charge on any atom is 0.223 e. The Hall–Kier alpha value is -1.59. The molecule has 5 nitrogen and oxygen atoms in total. The van der Waals surface area contributed by atoms with Crippen LogP contribution < -0.4 is 15.8 Å². The third-order valence-electron chi connectivity index (χ3n) is 4.34. The number of ether oxygens (including phenoxy) is 1. The van der Waals surface area contributed by atoms with Gasteiger partial charge in [-0.3, -0.25) is 4.79 Å². The summed E-state index contributed by atoms with van der Waals surface area (Å²) in [6, 6.07) is 7.79. The lowest BCUT2D eigenvalue weighted by Gasteiger charge is -2.29. The Morgan fingerprint density at radius 1 is 1.36 bits per heavy atom. The quantitative estimate of drug-likeness (QED) is 0.690. The Labute approximate surface area is 131 Å². The van der Waals surface area contributed by atoms with Crippen LogP contribution >= 0.6 is 0 Å². The zero-order valence-corrected chi connectivity index (χ0v) is 13.1. The van der Waals surface area contributed by atoms with Crippen molar-refractivity contribution in [3.8, 4) is 5.75 Å². The molecule has 0 aromatic heterocycles. The van der Waals surface area contributed by atoms with Crippen LogP contribution in [0, 0.1) is 5.92 Å². The number of carbonyl (C=O) groups is 1. The number of nitrogens with one attached hydrogen (secondary N) is 1. The van der Waals surface area contributed by atoms with E-state index in [1.807, 2.05) is 24.3 Å². The van der Waals surface area contributed by atoms with E-state index in [0.29, 0.717) is 19.4 Å². The van der Waals surface area contributed by atoms with E-state index in [2.05, 4.69) is 5.32 Å². The van der Waals surface area contributed by atoms with E-state index >= 15 is 0 Å². The number of nitrogens with two attached hydrogens (primary N) is 1. The lowest BCUT2D eigenvalue weighted by Crippen LogP contribution is -2.44. The van der Waals surface area contributed by atoms with Crippen LogP contribution in [0.5, 0.6) is 5.75 Å². The van der Waals surface area contributed by atoms with Crippen LogP contribution in [0.2, 0.25) is 0 Å². The number of aryl methyl sites for hydroxylation is 1. The summed E-state index contributed by atoms with van der Waals surface area (Å²) in [7, 11) is 1.65. The van der Waals surface area contributed by atoms with Gasteiger partial charge in [0, 0.05) is 18.5 Å². The van der Waals surface area contributed by atoms with E-state index in [1.54, 1.807) is 7.11 Å². The monoisotopic (exact) mass is 306 g/mol. The molecule has 1 saturated carbocycles. The average Bonchev–Trinajstić information content (AvgIpc) is 2.54. The van der Waals surface area contributed by atoms with Crippen molar-refractivity contribution in [2.75, 3.05) is 13.7 Å². The number of rotatable bonds is 6. The average molecular weight is 306 g/mol. The molecular formula is C17H26N2O3. The van der Waals surface area contributed by atoms with E-state index in [-0.39, 0.29) is 17.9 Å². The van der Waals surface area contributed by atoms with Crippen molar-refractivity contribution in [3.63, 3.8) is 0 Å². The SMILES string of the molecule is COc1ccc(CCCNC(=O)[C@H]2CC[C@@H](N)[C@H](O)C2)cc1. The molecule has 5 heteroatoms.